The van der Waals surface area contributed by atoms with Crippen LogP contribution in [-0.2, 0) is 6.54 Å². The molecule has 0 fully saturated rings. The highest BCUT2D eigenvalue weighted by Gasteiger charge is 2.15. The Morgan fingerprint density at radius 1 is 1.26 bits per heavy atom. The van der Waals surface area contributed by atoms with Crippen LogP contribution in [0.5, 0.6) is 0 Å². The smallest absolute Gasteiger partial charge is 0.144 e. The number of imidazole rings is 1. The van der Waals surface area contributed by atoms with Crippen LogP contribution in [0.1, 0.15) is 13.3 Å². The second-order valence-electron chi connectivity index (χ2n) is 5.31. The maximum absolute atomic E-state index is 14.2. The molecule has 0 aliphatic heterocycles. The average molecular weight is 326 g/mol. The predicted octanol–water partition coefficient (Wildman–Crippen LogP) is 5.53. The molecule has 0 bridgehead atoms. The van der Waals surface area contributed by atoms with Crippen molar-refractivity contribution < 1.29 is 4.39 Å². The summed E-state index contributed by atoms with van der Waals surface area (Å²) < 4.78 is 16.2. The summed E-state index contributed by atoms with van der Waals surface area (Å²) in [6, 6.07) is 13.0. The van der Waals surface area contributed by atoms with E-state index >= 15 is 0 Å². The minimum atomic E-state index is -0.256. The van der Waals surface area contributed by atoms with Crippen molar-refractivity contribution in [3.05, 3.63) is 60.9 Å². The molecule has 0 atom stereocenters. The van der Waals surface area contributed by atoms with E-state index in [1.54, 1.807) is 12.1 Å². The van der Waals surface area contributed by atoms with E-state index in [1.165, 1.54) is 11.0 Å². The van der Waals surface area contributed by atoms with Crippen LogP contribution < -0.4 is 0 Å². The lowest BCUT2D eigenvalue weighted by molar-refractivity contribution is 0.628. The maximum atomic E-state index is 14.2. The highest BCUT2D eigenvalue weighted by molar-refractivity contribution is 7.99. The van der Waals surface area contributed by atoms with E-state index in [4.69, 9.17) is 0 Å². The van der Waals surface area contributed by atoms with Gasteiger partial charge in [0.1, 0.15) is 11.6 Å². The molecule has 0 spiro atoms. The number of hydrogen-bond acceptors (Lipinski definition) is 2. The highest BCUT2D eigenvalue weighted by Crippen LogP contribution is 2.30. The number of halogens is 1. The monoisotopic (exact) mass is 326 g/mol. The molecule has 0 unspecified atom stereocenters. The summed E-state index contributed by atoms with van der Waals surface area (Å²) in [6.45, 7) is 6.59. The molecular formula is C19H19FN2S. The number of nitrogens with zero attached hydrogens (tertiary/aromatic N) is 2. The molecule has 2 nitrogen and oxygen atoms in total. The van der Waals surface area contributed by atoms with Crippen molar-refractivity contribution in [3.63, 3.8) is 0 Å². The lowest BCUT2D eigenvalue weighted by Crippen LogP contribution is -1.99. The summed E-state index contributed by atoms with van der Waals surface area (Å²) in [6.07, 6.45) is 2.95. The van der Waals surface area contributed by atoms with Gasteiger partial charge in [0.05, 0.1) is 16.6 Å². The number of fused-ring (bicyclic) bond motifs is 1. The zero-order chi connectivity index (χ0) is 16.2. The van der Waals surface area contributed by atoms with Gasteiger partial charge < -0.3 is 4.57 Å². The van der Waals surface area contributed by atoms with Crippen molar-refractivity contribution in [3.8, 4) is 11.4 Å². The Labute approximate surface area is 140 Å². The highest BCUT2D eigenvalue weighted by atomic mass is 32.2. The fraction of sp³-hybridized carbons (Fsp3) is 0.211. The second kappa shape index (κ2) is 7.01. The van der Waals surface area contributed by atoms with E-state index in [9.17, 15) is 4.39 Å². The first-order valence-electron chi connectivity index (χ1n) is 7.73. The number of thioether (sulfide) groups is 1. The number of aromatic nitrogens is 2. The third-order valence-electron chi connectivity index (χ3n) is 3.62. The summed E-state index contributed by atoms with van der Waals surface area (Å²) in [5.74, 6) is 1.48. The van der Waals surface area contributed by atoms with Gasteiger partial charge in [0.25, 0.3) is 0 Å². The number of hydrogen-bond donors (Lipinski definition) is 0. The molecule has 4 heteroatoms. The number of rotatable bonds is 6. The molecule has 0 aliphatic carbocycles. The van der Waals surface area contributed by atoms with Gasteiger partial charge in [0.2, 0.25) is 0 Å². The van der Waals surface area contributed by atoms with Crippen molar-refractivity contribution in [1.82, 2.24) is 9.55 Å². The molecule has 1 aromatic heterocycles. The zero-order valence-corrected chi connectivity index (χ0v) is 13.9. The van der Waals surface area contributed by atoms with Gasteiger partial charge in [-0.2, -0.15) is 0 Å². The van der Waals surface area contributed by atoms with Crippen LogP contribution in [-0.4, -0.2) is 15.3 Å². The number of benzene rings is 2. The van der Waals surface area contributed by atoms with Gasteiger partial charge in [-0.1, -0.05) is 25.1 Å². The molecule has 1 heterocycles. The molecule has 3 aromatic rings. The summed E-state index contributed by atoms with van der Waals surface area (Å²) >= 11 is 1.83. The van der Waals surface area contributed by atoms with E-state index < -0.39 is 0 Å². The Hall–Kier alpha value is -2.07. The minimum Gasteiger partial charge on any atom is -0.320 e. The van der Waals surface area contributed by atoms with Gasteiger partial charge in [-0.3, -0.25) is 0 Å². The second-order valence-corrected chi connectivity index (χ2v) is 6.48. The fourth-order valence-electron chi connectivity index (χ4n) is 2.57. The molecule has 3 rings (SSSR count). The Kier molecular flexibility index (Phi) is 4.82. The quantitative estimate of drug-likeness (QED) is 0.438. The average Bonchev–Trinajstić information content (AvgIpc) is 2.92. The van der Waals surface area contributed by atoms with Crippen molar-refractivity contribution in [2.45, 2.75) is 24.8 Å². The fourth-order valence-corrected chi connectivity index (χ4v) is 3.37. The van der Waals surface area contributed by atoms with Crippen LogP contribution in [0, 0.1) is 5.82 Å². The molecule has 118 valence electrons. The molecule has 0 radical (unpaired) electrons. The Balaban J connectivity index is 2.16. The Morgan fingerprint density at radius 2 is 2.09 bits per heavy atom. The van der Waals surface area contributed by atoms with Crippen LogP contribution >= 0.6 is 11.8 Å². The number of allylic oxidation sites excluding steroid dienone is 1. The third kappa shape index (κ3) is 3.17. The molecule has 0 amide bonds. The van der Waals surface area contributed by atoms with Gasteiger partial charge in [0, 0.05) is 11.4 Å². The summed E-state index contributed by atoms with van der Waals surface area (Å²) in [5.41, 5.74) is 2.42. The van der Waals surface area contributed by atoms with Gasteiger partial charge in [-0.25, -0.2) is 9.37 Å². The van der Waals surface area contributed by atoms with E-state index in [2.05, 4.69) is 30.6 Å². The molecule has 0 aliphatic rings. The van der Waals surface area contributed by atoms with E-state index in [-0.39, 0.29) is 5.82 Å². The molecule has 2 aromatic carbocycles. The van der Waals surface area contributed by atoms with Crippen molar-refractivity contribution >= 4 is 22.8 Å². The van der Waals surface area contributed by atoms with Crippen LogP contribution in [0.2, 0.25) is 0 Å². The summed E-state index contributed by atoms with van der Waals surface area (Å²) in [7, 11) is 0. The van der Waals surface area contributed by atoms with E-state index in [1.807, 2.05) is 34.5 Å². The van der Waals surface area contributed by atoms with Gasteiger partial charge in [-0.15, -0.1) is 18.3 Å². The van der Waals surface area contributed by atoms with Crippen molar-refractivity contribution in [2.75, 3.05) is 5.75 Å². The Bertz CT molecular complexity index is 839. The molecule has 23 heavy (non-hydrogen) atoms. The molecule has 0 saturated carbocycles. The Morgan fingerprint density at radius 3 is 2.83 bits per heavy atom. The van der Waals surface area contributed by atoms with E-state index in [0.717, 1.165) is 23.2 Å². The first kappa shape index (κ1) is 15.8. The standard InChI is InChI=1S/C19H19FN2S/c1-3-11-22-18-13-14(23-12-4-2)9-10-17(18)21-19(22)15-7-5-6-8-16(15)20/h3,5-10,13H,1,4,11-12H2,2H3. The topological polar surface area (TPSA) is 17.8 Å². The molecule has 0 N–H and O–H groups in total. The lowest BCUT2D eigenvalue weighted by Gasteiger charge is -2.08. The third-order valence-corrected chi connectivity index (χ3v) is 4.82. The zero-order valence-electron chi connectivity index (χ0n) is 13.1. The lowest BCUT2D eigenvalue weighted by atomic mass is 10.2. The summed E-state index contributed by atoms with van der Waals surface area (Å²) in [5, 5.41) is 0. The predicted molar refractivity (Wildman–Crippen MR) is 96.3 cm³/mol. The van der Waals surface area contributed by atoms with Crippen LogP contribution in [0.3, 0.4) is 0 Å². The largest absolute Gasteiger partial charge is 0.320 e. The van der Waals surface area contributed by atoms with Gasteiger partial charge in [0.15, 0.2) is 0 Å². The van der Waals surface area contributed by atoms with Crippen molar-refractivity contribution in [1.29, 1.82) is 0 Å². The normalized spacial score (nSPS) is 11.0. The van der Waals surface area contributed by atoms with Crippen LogP contribution in [0.4, 0.5) is 4.39 Å². The van der Waals surface area contributed by atoms with E-state index in [0.29, 0.717) is 17.9 Å². The maximum Gasteiger partial charge on any atom is 0.144 e. The van der Waals surface area contributed by atoms with Crippen molar-refractivity contribution in [2.24, 2.45) is 0 Å². The molecule has 0 saturated heterocycles. The van der Waals surface area contributed by atoms with Gasteiger partial charge in [-0.05, 0) is 42.5 Å². The summed E-state index contributed by atoms with van der Waals surface area (Å²) in [4.78, 5) is 5.86. The van der Waals surface area contributed by atoms with Crippen LogP contribution in [0.25, 0.3) is 22.4 Å². The first-order chi connectivity index (χ1) is 11.2. The van der Waals surface area contributed by atoms with Crippen LogP contribution in [0.15, 0.2) is 60.0 Å². The minimum absolute atomic E-state index is 0.256. The first-order valence-corrected chi connectivity index (χ1v) is 8.72. The SMILES string of the molecule is C=CCn1c(-c2ccccc2F)nc2ccc(SCCC)cc21. The van der Waals surface area contributed by atoms with Gasteiger partial charge >= 0.3 is 0 Å². The molecular weight excluding hydrogens is 307 g/mol.